The molecule has 23 heavy (non-hydrogen) atoms. The minimum Gasteiger partial charge on any atom is -0.312 e. The molecule has 0 N–H and O–H groups in total. The molecular formula is C18H19FN2OS. The summed E-state index contributed by atoms with van der Waals surface area (Å²) in [4.78, 5) is 18.0. The maximum Gasteiger partial charge on any atom is 0.227 e. The molecule has 2 aliphatic rings. The molecule has 0 bridgehead atoms. The number of hydrogen-bond donors (Lipinski definition) is 0. The molecule has 1 aromatic carbocycles. The Hall–Kier alpha value is -1.72. The Morgan fingerprint density at radius 3 is 2.91 bits per heavy atom. The number of carbonyl (C=O) groups is 1. The summed E-state index contributed by atoms with van der Waals surface area (Å²) in [6.45, 7) is 3.65. The van der Waals surface area contributed by atoms with Gasteiger partial charge in [-0.25, -0.2) is 4.39 Å². The summed E-state index contributed by atoms with van der Waals surface area (Å²) in [6, 6.07) is 10.6. The van der Waals surface area contributed by atoms with Crippen molar-refractivity contribution in [1.82, 2.24) is 4.90 Å². The Morgan fingerprint density at radius 2 is 2.13 bits per heavy atom. The number of thiophene rings is 1. The van der Waals surface area contributed by atoms with Gasteiger partial charge in [-0.2, -0.15) is 0 Å². The van der Waals surface area contributed by atoms with Gasteiger partial charge in [0, 0.05) is 42.0 Å². The van der Waals surface area contributed by atoms with E-state index in [1.54, 1.807) is 22.3 Å². The number of benzene rings is 1. The SMILES string of the molecule is O=C1C[C@]2(CCN(Cc3cccs3)C2)CN1c1cccc(F)c1. The molecule has 120 valence electrons. The highest BCUT2D eigenvalue weighted by atomic mass is 32.1. The lowest BCUT2D eigenvalue weighted by molar-refractivity contribution is -0.117. The van der Waals surface area contributed by atoms with Gasteiger partial charge in [-0.05, 0) is 42.6 Å². The summed E-state index contributed by atoms with van der Waals surface area (Å²) in [6.07, 6.45) is 1.61. The first kappa shape index (κ1) is 14.8. The van der Waals surface area contributed by atoms with E-state index in [1.165, 1.54) is 17.0 Å². The molecule has 1 atom stereocenters. The van der Waals surface area contributed by atoms with Crippen LogP contribution in [0.4, 0.5) is 10.1 Å². The summed E-state index contributed by atoms with van der Waals surface area (Å²) in [5.74, 6) is -0.171. The number of amides is 1. The lowest BCUT2D eigenvalue weighted by Gasteiger charge is -2.24. The van der Waals surface area contributed by atoms with E-state index in [4.69, 9.17) is 0 Å². The first-order valence-electron chi connectivity index (χ1n) is 7.94. The Labute approximate surface area is 139 Å². The van der Waals surface area contributed by atoms with Crippen LogP contribution in [0.2, 0.25) is 0 Å². The quantitative estimate of drug-likeness (QED) is 0.860. The third-order valence-corrected chi connectivity index (χ3v) is 5.78. The average Bonchev–Trinajstić information content (AvgIpc) is 3.22. The molecule has 0 saturated carbocycles. The zero-order chi connectivity index (χ0) is 15.9. The second kappa shape index (κ2) is 5.73. The van der Waals surface area contributed by atoms with Crippen molar-refractivity contribution in [1.29, 1.82) is 0 Å². The van der Waals surface area contributed by atoms with Gasteiger partial charge in [-0.1, -0.05) is 12.1 Å². The van der Waals surface area contributed by atoms with E-state index >= 15 is 0 Å². The first-order chi connectivity index (χ1) is 11.1. The van der Waals surface area contributed by atoms with Crippen LogP contribution < -0.4 is 4.90 Å². The molecule has 5 heteroatoms. The third-order valence-electron chi connectivity index (χ3n) is 4.92. The highest BCUT2D eigenvalue weighted by Gasteiger charge is 2.47. The highest BCUT2D eigenvalue weighted by molar-refractivity contribution is 7.09. The Kier molecular flexibility index (Phi) is 3.70. The molecule has 1 amide bonds. The molecule has 3 heterocycles. The standard InChI is InChI=1S/C18H19FN2OS/c19-14-3-1-4-15(9-14)21-13-18(10-17(21)22)6-7-20(12-18)11-16-5-2-8-23-16/h1-5,8-9H,6-7,10-13H2/t18-/m0/s1. The molecule has 1 spiro atoms. The summed E-state index contributed by atoms with van der Waals surface area (Å²) in [5.41, 5.74) is 0.712. The molecule has 1 aromatic heterocycles. The molecule has 2 saturated heterocycles. The van der Waals surface area contributed by atoms with E-state index in [1.807, 2.05) is 6.07 Å². The molecule has 2 fully saturated rings. The summed E-state index contributed by atoms with van der Waals surface area (Å²) >= 11 is 1.78. The molecule has 0 unspecified atom stereocenters. The lowest BCUT2D eigenvalue weighted by Crippen LogP contribution is -2.31. The van der Waals surface area contributed by atoms with Gasteiger partial charge >= 0.3 is 0 Å². The van der Waals surface area contributed by atoms with Crippen LogP contribution >= 0.6 is 11.3 Å². The van der Waals surface area contributed by atoms with E-state index in [-0.39, 0.29) is 17.1 Å². The van der Waals surface area contributed by atoms with Crippen LogP contribution in [-0.2, 0) is 11.3 Å². The number of likely N-dealkylation sites (tertiary alicyclic amines) is 1. The van der Waals surface area contributed by atoms with Crippen molar-refractivity contribution in [3.05, 3.63) is 52.5 Å². The fourth-order valence-corrected chi connectivity index (χ4v) is 4.58. The predicted octanol–water partition coefficient (Wildman–Crippen LogP) is 3.52. The van der Waals surface area contributed by atoms with E-state index in [2.05, 4.69) is 22.4 Å². The van der Waals surface area contributed by atoms with Crippen molar-refractivity contribution in [2.24, 2.45) is 5.41 Å². The number of halogens is 1. The Morgan fingerprint density at radius 1 is 1.22 bits per heavy atom. The number of anilines is 1. The fraction of sp³-hybridized carbons (Fsp3) is 0.389. The van der Waals surface area contributed by atoms with Gasteiger partial charge < -0.3 is 4.90 Å². The van der Waals surface area contributed by atoms with Gasteiger partial charge in [0.05, 0.1) is 0 Å². The van der Waals surface area contributed by atoms with Crippen molar-refractivity contribution in [3.63, 3.8) is 0 Å². The number of hydrogen-bond acceptors (Lipinski definition) is 3. The van der Waals surface area contributed by atoms with Crippen LogP contribution in [0.25, 0.3) is 0 Å². The Bertz CT molecular complexity index is 718. The summed E-state index contributed by atoms with van der Waals surface area (Å²) < 4.78 is 13.4. The maximum absolute atomic E-state index is 13.4. The van der Waals surface area contributed by atoms with E-state index in [9.17, 15) is 9.18 Å². The average molecular weight is 330 g/mol. The van der Waals surface area contributed by atoms with Crippen LogP contribution in [0.5, 0.6) is 0 Å². The second-order valence-corrected chi connectivity index (χ2v) is 7.71. The normalized spacial score (nSPS) is 24.9. The summed E-state index contributed by atoms with van der Waals surface area (Å²) in [7, 11) is 0. The largest absolute Gasteiger partial charge is 0.312 e. The first-order valence-corrected chi connectivity index (χ1v) is 8.82. The lowest BCUT2D eigenvalue weighted by atomic mass is 9.86. The molecule has 2 aromatic rings. The topological polar surface area (TPSA) is 23.6 Å². The van der Waals surface area contributed by atoms with Crippen molar-refractivity contribution in [2.45, 2.75) is 19.4 Å². The van der Waals surface area contributed by atoms with Gasteiger partial charge in [0.15, 0.2) is 0 Å². The van der Waals surface area contributed by atoms with Crippen molar-refractivity contribution >= 4 is 22.9 Å². The fourth-order valence-electron chi connectivity index (χ4n) is 3.83. The van der Waals surface area contributed by atoms with Crippen LogP contribution in [0.3, 0.4) is 0 Å². The highest BCUT2D eigenvalue weighted by Crippen LogP contribution is 2.42. The van der Waals surface area contributed by atoms with Gasteiger partial charge in [-0.15, -0.1) is 11.3 Å². The monoisotopic (exact) mass is 330 g/mol. The van der Waals surface area contributed by atoms with Crippen LogP contribution in [0.15, 0.2) is 41.8 Å². The molecule has 4 rings (SSSR count). The molecule has 0 radical (unpaired) electrons. The minimum absolute atomic E-state index is 0.0284. The zero-order valence-corrected chi connectivity index (χ0v) is 13.7. The van der Waals surface area contributed by atoms with Crippen LogP contribution in [0.1, 0.15) is 17.7 Å². The molecule has 3 nitrogen and oxygen atoms in total. The second-order valence-electron chi connectivity index (χ2n) is 6.68. The van der Waals surface area contributed by atoms with E-state index in [0.29, 0.717) is 18.7 Å². The smallest absolute Gasteiger partial charge is 0.227 e. The van der Waals surface area contributed by atoms with Gasteiger partial charge in [0.25, 0.3) is 0 Å². The van der Waals surface area contributed by atoms with E-state index in [0.717, 1.165) is 26.1 Å². The molecular weight excluding hydrogens is 311 g/mol. The van der Waals surface area contributed by atoms with Crippen molar-refractivity contribution in [3.8, 4) is 0 Å². The Balaban J connectivity index is 1.48. The minimum atomic E-state index is -0.290. The van der Waals surface area contributed by atoms with Gasteiger partial charge in [0.1, 0.15) is 5.82 Å². The van der Waals surface area contributed by atoms with Crippen LogP contribution in [0, 0.1) is 11.2 Å². The predicted molar refractivity (Wildman–Crippen MR) is 90.0 cm³/mol. The van der Waals surface area contributed by atoms with Gasteiger partial charge in [0.2, 0.25) is 5.91 Å². The van der Waals surface area contributed by atoms with Gasteiger partial charge in [-0.3, -0.25) is 9.69 Å². The molecule has 2 aliphatic heterocycles. The third kappa shape index (κ3) is 2.91. The van der Waals surface area contributed by atoms with Crippen molar-refractivity contribution < 1.29 is 9.18 Å². The van der Waals surface area contributed by atoms with Crippen LogP contribution in [-0.4, -0.2) is 30.4 Å². The maximum atomic E-state index is 13.4. The van der Waals surface area contributed by atoms with E-state index < -0.39 is 0 Å². The summed E-state index contributed by atoms with van der Waals surface area (Å²) in [5, 5.41) is 2.10. The number of rotatable bonds is 3. The molecule has 0 aliphatic carbocycles. The van der Waals surface area contributed by atoms with Crippen molar-refractivity contribution in [2.75, 3.05) is 24.5 Å². The zero-order valence-electron chi connectivity index (χ0n) is 12.9. The number of nitrogens with zero attached hydrogens (tertiary/aromatic N) is 2. The number of carbonyl (C=O) groups excluding carboxylic acids is 1.